The van der Waals surface area contributed by atoms with Crippen molar-refractivity contribution in [1.29, 1.82) is 0 Å². The van der Waals surface area contributed by atoms with Gasteiger partial charge in [0.05, 0.1) is 0 Å². The molecule has 1 amide bonds. The summed E-state index contributed by atoms with van der Waals surface area (Å²) in [7, 11) is 0. The van der Waals surface area contributed by atoms with E-state index in [-0.39, 0.29) is 12.1 Å². The first-order valence-electron chi connectivity index (χ1n) is 5.77. The first-order chi connectivity index (χ1) is 8.34. The molecule has 2 rings (SSSR count). The third kappa shape index (κ3) is 3.84. The second-order valence-corrected chi connectivity index (χ2v) is 4.00. The van der Waals surface area contributed by atoms with Crippen LogP contribution in [-0.2, 0) is 11.3 Å². The van der Waals surface area contributed by atoms with Gasteiger partial charge in [0.2, 0.25) is 0 Å². The molecule has 0 saturated carbocycles. The first kappa shape index (κ1) is 11.5. The van der Waals surface area contributed by atoms with Crippen LogP contribution in [0.15, 0.2) is 30.3 Å². The van der Waals surface area contributed by atoms with Crippen molar-refractivity contribution >= 4 is 6.09 Å². The van der Waals surface area contributed by atoms with Crippen LogP contribution in [0.4, 0.5) is 4.79 Å². The summed E-state index contributed by atoms with van der Waals surface area (Å²) in [6.45, 7) is 0.311. The number of carbonyl (C=O) groups excluding carboxylic acids is 1. The van der Waals surface area contributed by atoms with Crippen LogP contribution < -0.4 is 5.32 Å². The van der Waals surface area contributed by atoms with E-state index in [1.807, 2.05) is 30.3 Å². The Bertz CT molecular complexity index is 431. The number of benzene rings is 1. The molecule has 1 N–H and O–H groups in total. The fourth-order valence-corrected chi connectivity index (χ4v) is 1.69. The van der Waals surface area contributed by atoms with E-state index in [0.29, 0.717) is 6.61 Å². The lowest BCUT2D eigenvalue weighted by molar-refractivity contribution is 0.135. The summed E-state index contributed by atoms with van der Waals surface area (Å²) in [6, 6.07) is 9.78. The quantitative estimate of drug-likeness (QED) is 0.808. The van der Waals surface area contributed by atoms with Crippen LogP contribution in [0.25, 0.3) is 0 Å². The second kappa shape index (κ2) is 5.95. The number of alkyl carbamates (subject to hydrolysis) is 1. The summed E-state index contributed by atoms with van der Waals surface area (Å²) >= 11 is 0. The normalized spacial score (nSPS) is 17.8. The lowest BCUT2D eigenvalue weighted by Gasteiger charge is -2.17. The zero-order valence-electron chi connectivity index (χ0n) is 9.61. The number of nitrogens with one attached hydrogen (secondary N) is 1. The molecule has 0 heterocycles. The predicted molar refractivity (Wildman–Crippen MR) is 65.2 cm³/mol. The van der Waals surface area contributed by atoms with Gasteiger partial charge in [0.15, 0.2) is 0 Å². The van der Waals surface area contributed by atoms with Crippen molar-refractivity contribution in [2.75, 3.05) is 0 Å². The van der Waals surface area contributed by atoms with Gasteiger partial charge >= 0.3 is 6.09 Å². The molecule has 0 fully saturated rings. The number of ether oxygens (including phenoxy) is 1. The van der Waals surface area contributed by atoms with Gasteiger partial charge in [-0.1, -0.05) is 30.3 Å². The average Bonchev–Trinajstić information content (AvgIpc) is 2.39. The van der Waals surface area contributed by atoms with Crippen molar-refractivity contribution in [3.63, 3.8) is 0 Å². The second-order valence-electron chi connectivity index (χ2n) is 4.00. The highest BCUT2D eigenvalue weighted by Gasteiger charge is 2.13. The van der Waals surface area contributed by atoms with E-state index < -0.39 is 0 Å². The van der Waals surface area contributed by atoms with E-state index in [2.05, 4.69) is 17.2 Å². The van der Waals surface area contributed by atoms with Gasteiger partial charge in [-0.2, -0.15) is 0 Å². The van der Waals surface area contributed by atoms with Crippen LogP contribution in [0, 0.1) is 11.8 Å². The number of rotatable bonds is 3. The molecule has 1 atom stereocenters. The van der Waals surface area contributed by atoms with Crippen LogP contribution in [-0.4, -0.2) is 12.1 Å². The molecule has 88 valence electrons. The van der Waals surface area contributed by atoms with Gasteiger partial charge in [-0.15, -0.1) is 11.8 Å². The molecule has 1 aromatic carbocycles. The van der Waals surface area contributed by atoms with Crippen molar-refractivity contribution in [1.82, 2.24) is 5.32 Å². The SMILES string of the molecule is O=C(NC1CC#CCC1)OCc1ccccc1. The van der Waals surface area contributed by atoms with Crippen molar-refractivity contribution in [3.05, 3.63) is 35.9 Å². The van der Waals surface area contributed by atoms with Crippen LogP contribution in [0.5, 0.6) is 0 Å². The van der Waals surface area contributed by atoms with E-state index in [1.54, 1.807) is 0 Å². The first-order valence-corrected chi connectivity index (χ1v) is 5.77. The summed E-state index contributed by atoms with van der Waals surface area (Å²) < 4.78 is 5.13. The molecule has 0 aliphatic heterocycles. The largest absolute Gasteiger partial charge is 0.445 e. The maximum Gasteiger partial charge on any atom is 0.407 e. The van der Waals surface area contributed by atoms with Gasteiger partial charge in [-0.3, -0.25) is 0 Å². The highest BCUT2D eigenvalue weighted by molar-refractivity contribution is 5.67. The number of carbonyl (C=O) groups is 1. The lowest BCUT2D eigenvalue weighted by atomic mass is 10.0. The monoisotopic (exact) mass is 229 g/mol. The van der Waals surface area contributed by atoms with E-state index in [0.717, 1.165) is 24.8 Å². The van der Waals surface area contributed by atoms with E-state index >= 15 is 0 Å². The molecule has 3 heteroatoms. The Morgan fingerprint density at radius 3 is 2.88 bits per heavy atom. The molecule has 3 nitrogen and oxygen atoms in total. The highest BCUT2D eigenvalue weighted by atomic mass is 16.5. The van der Waals surface area contributed by atoms with Crippen LogP contribution in [0.2, 0.25) is 0 Å². The molecule has 1 aromatic rings. The maximum atomic E-state index is 11.5. The molecular formula is C14H15NO2. The molecule has 0 saturated heterocycles. The van der Waals surface area contributed by atoms with Gasteiger partial charge in [-0.25, -0.2) is 4.79 Å². The molecule has 0 spiro atoms. The Kier molecular flexibility index (Phi) is 4.04. The van der Waals surface area contributed by atoms with E-state index in [9.17, 15) is 4.79 Å². The fourth-order valence-electron chi connectivity index (χ4n) is 1.69. The molecule has 17 heavy (non-hydrogen) atoms. The maximum absolute atomic E-state index is 11.5. The third-order valence-electron chi connectivity index (χ3n) is 2.63. The Hall–Kier alpha value is -1.95. The van der Waals surface area contributed by atoms with E-state index in [1.165, 1.54) is 0 Å². The summed E-state index contributed by atoms with van der Waals surface area (Å²) in [4.78, 5) is 11.5. The van der Waals surface area contributed by atoms with E-state index in [4.69, 9.17) is 4.74 Å². The van der Waals surface area contributed by atoms with Crippen molar-refractivity contribution in [2.24, 2.45) is 0 Å². The Morgan fingerprint density at radius 1 is 1.35 bits per heavy atom. The molecule has 0 bridgehead atoms. The molecule has 1 unspecified atom stereocenters. The van der Waals surface area contributed by atoms with Gasteiger partial charge < -0.3 is 10.1 Å². The summed E-state index contributed by atoms with van der Waals surface area (Å²) in [5.74, 6) is 6.00. The molecule has 0 aromatic heterocycles. The van der Waals surface area contributed by atoms with Gasteiger partial charge in [-0.05, 0) is 12.0 Å². The van der Waals surface area contributed by atoms with Gasteiger partial charge in [0.25, 0.3) is 0 Å². The van der Waals surface area contributed by atoms with Crippen LogP contribution in [0.3, 0.4) is 0 Å². The number of amides is 1. The van der Waals surface area contributed by atoms with Crippen molar-refractivity contribution in [3.8, 4) is 11.8 Å². The Balaban J connectivity index is 1.73. The minimum absolute atomic E-state index is 0.138. The summed E-state index contributed by atoms with van der Waals surface area (Å²) in [6.07, 6.45) is 2.12. The third-order valence-corrected chi connectivity index (χ3v) is 2.63. The molecule has 0 radical (unpaired) electrons. The summed E-state index contributed by atoms with van der Waals surface area (Å²) in [5, 5.41) is 2.83. The van der Waals surface area contributed by atoms with Crippen molar-refractivity contribution < 1.29 is 9.53 Å². The minimum Gasteiger partial charge on any atom is -0.445 e. The van der Waals surface area contributed by atoms with Gasteiger partial charge in [0.1, 0.15) is 6.61 Å². The zero-order chi connectivity index (χ0) is 11.9. The minimum atomic E-state index is -0.359. The fraction of sp³-hybridized carbons (Fsp3) is 0.357. The van der Waals surface area contributed by atoms with Crippen LogP contribution >= 0.6 is 0 Å². The Labute approximate surface area is 101 Å². The summed E-state index contributed by atoms with van der Waals surface area (Å²) in [5.41, 5.74) is 0.992. The molecular weight excluding hydrogens is 214 g/mol. The smallest absolute Gasteiger partial charge is 0.407 e. The molecule has 1 aliphatic carbocycles. The van der Waals surface area contributed by atoms with Crippen LogP contribution in [0.1, 0.15) is 24.8 Å². The average molecular weight is 229 g/mol. The predicted octanol–water partition coefficient (Wildman–Crippen LogP) is 2.47. The Morgan fingerprint density at radius 2 is 2.18 bits per heavy atom. The molecule has 1 aliphatic rings. The standard InChI is InChI=1S/C14H15NO2/c16-14(15-13-9-5-2-6-10-13)17-11-12-7-3-1-4-8-12/h1,3-4,7-8,13H,5,9-11H2,(H,15,16). The topological polar surface area (TPSA) is 38.3 Å². The van der Waals surface area contributed by atoms with Crippen molar-refractivity contribution in [2.45, 2.75) is 31.9 Å². The highest BCUT2D eigenvalue weighted by Crippen LogP contribution is 2.06. The van der Waals surface area contributed by atoms with Gasteiger partial charge in [0, 0.05) is 18.9 Å². The zero-order valence-corrected chi connectivity index (χ0v) is 9.61. The number of hydrogen-bond acceptors (Lipinski definition) is 2. The number of hydrogen-bond donors (Lipinski definition) is 1. The lowest BCUT2D eigenvalue weighted by Crippen LogP contribution is -2.35.